The Morgan fingerprint density at radius 1 is 1.46 bits per heavy atom. The molecule has 1 amide bonds. The van der Waals surface area contributed by atoms with Crippen LogP contribution in [0.4, 0.5) is 0 Å². The lowest BCUT2D eigenvalue weighted by atomic mass is 10.3. The van der Waals surface area contributed by atoms with Crippen LogP contribution in [0.3, 0.4) is 0 Å². The molecule has 0 spiro atoms. The highest BCUT2D eigenvalue weighted by atomic mass is 35.5. The van der Waals surface area contributed by atoms with Crippen molar-refractivity contribution in [3.63, 3.8) is 0 Å². The van der Waals surface area contributed by atoms with Gasteiger partial charge in [0, 0.05) is 13.1 Å². The van der Waals surface area contributed by atoms with Gasteiger partial charge in [0.05, 0.1) is 6.04 Å². The molecule has 1 atom stereocenters. The fraction of sp³-hybridized carbons (Fsp3) is 0.857. The molecule has 0 unspecified atom stereocenters. The normalized spacial score (nSPS) is 11.2. The Balaban J connectivity index is -0.000000500. The monoisotopic (exact) mass is 231 g/mol. The van der Waals surface area contributed by atoms with Gasteiger partial charge in [-0.2, -0.15) is 0 Å². The molecule has 0 saturated carbocycles. The summed E-state index contributed by atoms with van der Waals surface area (Å²) in [5.41, 5.74) is 5.33. The number of hydrogen-bond acceptors (Lipinski definition) is 3. The average Bonchev–Trinajstić information content (AvgIpc) is 1.86. The molecule has 0 saturated heterocycles. The van der Waals surface area contributed by atoms with Crippen LogP contribution in [0.25, 0.3) is 0 Å². The molecule has 0 bridgehead atoms. The maximum absolute atomic E-state index is 10.9. The third-order valence-corrected chi connectivity index (χ3v) is 1.27. The lowest BCUT2D eigenvalue weighted by Crippen LogP contribution is -2.41. The van der Waals surface area contributed by atoms with Crippen molar-refractivity contribution in [3.05, 3.63) is 0 Å². The highest BCUT2D eigenvalue weighted by Gasteiger charge is 2.04. The summed E-state index contributed by atoms with van der Waals surface area (Å²) in [6.07, 6.45) is 0. The van der Waals surface area contributed by atoms with Gasteiger partial charge in [-0.1, -0.05) is 0 Å². The second kappa shape index (κ2) is 10.1. The van der Waals surface area contributed by atoms with Crippen LogP contribution in [-0.4, -0.2) is 44.0 Å². The van der Waals surface area contributed by atoms with Gasteiger partial charge in [0.1, 0.15) is 0 Å². The first-order chi connectivity index (χ1) is 5.04. The number of nitrogens with two attached hydrogens (primary N) is 1. The lowest BCUT2D eigenvalue weighted by molar-refractivity contribution is -0.121. The SMILES string of the molecule is C[C@H](N)C(=O)NCCN(C)C.Cl.Cl. The zero-order valence-electron chi connectivity index (χ0n) is 8.24. The molecule has 0 aliphatic rings. The highest BCUT2D eigenvalue weighted by Crippen LogP contribution is 1.75. The van der Waals surface area contributed by atoms with Crippen molar-refractivity contribution in [2.75, 3.05) is 27.2 Å². The Hall–Kier alpha value is -0.0300. The first kappa shape index (κ1) is 18.7. The topological polar surface area (TPSA) is 58.4 Å². The summed E-state index contributed by atoms with van der Waals surface area (Å²) < 4.78 is 0. The zero-order chi connectivity index (χ0) is 8.85. The summed E-state index contributed by atoms with van der Waals surface area (Å²) in [6, 6.07) is -0.405. The van der Waals surface area contributed by atoms with E-state index in [2.05, 4.69) is 5.32 Å². The molecule has 0 aliphatic heterocycles. The quantitative estimate of drug-likeness (QED) is 0.709. The van der Waals surface area contributed by atoms with Crippen molar-refractivity contribution in [2.45, 2.75) is 13.0 Å². The summed E-state index contributed by atoms with van der Waals surface area (Å²) in [4.78, 5) is 12.9. The Morgan fingerprint density at radius 2 is 1.92 bits per heavy atom. The Kier molecular flexibility index (Phi) is 14.5. The van der Waals surface area contributed by atoms with Crippen LogP contribution in [0.1, 0.15) is 6.92 Å². The van der Waals surface area contributed by atoms with Crippen LogP contribution < -0.4 is 11.1 Å². The maximum Gasteiger partial charge on any atom is 0.236 e. The Labute approximate surface area is 92.0 Å². The van der Waals surface area contributed by atoms with Crippen molar-refractivity contribution in [3.8, 4) is 0 Å². The van der Waals surface area contributed by atoms with Gasteiger partial charge in [-0.3, -0.25) is 4.79 Å². The molecular weight excluding hydrogens is 213 g/mol. The number of nitrogens with one attached hydrogen (secondary N) is 1. The van der Waals surface area contributed by atoms with E-state index >= 15 is 0 Å². The number of hydrogen-bond donors (Lipinski definition) is 2. The second-order valence-corrected chi connectivity index (χ2v) is 2.88. The third kappa shape index (κ3) is 12.0. The van der Waals surface area contributed by atoms with Crippen LogP contribution in [0.15, 0.2) is 0 Å². The molecule has 0 aromatic rings. The van der Waals surface area contributed by atoms with Gasteiger partial charge in [0.15, 0.2) is 0 Å². The summed E-state index contributed by atoms with van der Waals surface area (Å²) in [6.45, 7) is 3.18. The van der Waals surface area contributed by atoms with Crippen molar-refractivity contribution in [1.82, 2.24) is 10.2 Å². The average molecular weight is 232 g/mol. The number of carbonyl (C=O) groups is 1. The molecule has 4 nitrogen and oxygen atoms in total. The summed E-state index contributed by atoms with van der Waals surface area (Å²) in [5, 5.41) is 2.71. The zero-order valence-corrected chi connectivity index (χ0v) is 9.87. The molecule has 0 aliphatic carbocycles. The second-order valence-electron chi connectivity index (χ2n) is 2.88. The molecule has 6 heteroatoms. The molecule has 0 rings (SSSR count). The molecule has 0 fully saturated rings. The predicted molar refractivity (Wildman–Crippen MR) is 59.7 cm³/mol. The standard InChI is InChI=1S/C7H17N3O.2ClH/c1-6(8)7(11)9-4-5-10(2)3;;/h6H,4-5,8H2,1-3H3,(H,9,11);2*1H/t6-;;/m0../s1. The van der Waals surface area contributed by atoms with E-state index in [1.165, 1.54) is 0 Å². The first-order valence-electron chi connectivity index (χ1n) is 3.72. The number of likely N-dealkylation sites (N-methyl/N-ethyl adjacent to an activating group) is 1. The summed E-state index contributed by atoms with van der Waals surface area (Å²) in [7, 11) is 3.91. The van der Waals surface area contributed by atoms with E-state index in [9.17, 15) is 4.79 Å². The molecule has 3 N–H and O–H groups in total. The molecular formula is C7H19Cl2N3O. The summed E-state index contributed by atoms with van der Waals surface area (Å²) in [5.74, 6) is -0.0909. The van der Waals surface area contributed by atoms with E-state index in [0.29, 0.717) is 6.54 Å². The Bertz CT molecular complexity index is 131. The lowest BCUT2D eigenvalue weighted by Gasteiger charge is -2.11. The van der Waals surface area contributed by atoms with Crippen LogP contribution >= 0.6 is 24.8 Å². The summed E-state index contributed by atoms with van der Waals surface area (Å²) >= 11 is 0. The van der Waals surface area contributed by atoms with E-state index in [0.717, 1.165) is 6.54 Å². The third-order valence-electron chi connectivity index (χ3n) is 1.27. The first-order valence-corrected chi connectivity index (χ1v) is 3.72. The largest absolute Gasteiger partial charge is 0.353 e. The van der Waals surface area contributed by atoms with Gasteiger partial charge in [-0.15, -0.1) is 24.8 Å². The van der Waals surface area contributed by atoms with Gasteiger partial charge in [-0.25, -0.2) is 0 Å². The fourth-order valence-corrected chi connectivity index (χ4v) is 0.564. The minimum atomic E-state index is -0.405. The van der Waals surface area contributed by atoms with Gasteiger partial charge >= 0.3 is 0 Å². The molecule has 0 radical (unpaired) electrons. The molecule has 0 heterocycles. The number of amides is 1. The minimum Gasteiger partial charge on any atom is -0.353 e. The van der Waals surface area contributed by atoms with Gasteiger partial charge in [0.2, 0.25) is 5.91 Å². The number of rotatable bonds is 4. The van der Waals surface area contributed by atoms with Crippen molar-refractivity contribution in [1.29, 1.82) is 0 Å². The number of nitrogens with zero attached hydrogens (tertiary/aromatic N) is 1. The molecule has 13 heavy (non-hydrogen) atoms. The number of carbonyl (C=O) groups excluding carboxylic acids is 1. The predicted octanol–water partition coefficient (Wildman–Crippen LogP) is -0.145. The Morgan fingerprint density at radius 3 is 2.23 bits per heavy atom. The molecule has 0 aromatic heterocycles. The smallest absolute Gasteiger partial charge is 0.236 e. The number of halogens is 2. The van der Waals surface area contributed by atoms with Crippen molar-refractivity contribution >= 4 is 30.7 Å². The van der Waals surface area contributed by atoms with E-state index < -0.39 is 6.04 Å². The van der Waals surface area contributed by atoms with Gasteiger partial charge in [-0.05, 0) is 21.0 Å². The van der Waals surface area contributed by atoms with Crippen LogP contribution in [-0.2, 0) is 4.79 Å². The van der Waals surface area contributed by atoms with Crippen LogP contribution in [0.5, 0.6) is 0 Å². The maximum atomic E-state index is 10.9. The van der Waals surface area contributed by atoms with E-state index in [-0.39, 0.29) is 30.7 Å². The van der Waals surface area contributed by atoms with Crippen molar-refractivity contribution < 1.29 is 4.79 Å². The fourth-order valence-electron chi connectivity index (χ4n) is 0.564. The van der Waals surface area contributed by atoms with E-state index in [1.807, 2.05) is 19.0 Å². The van der Waals surface area contributed by atoms with Crippen LogP contribution in [0, 0.1) is 0 Å². The molecule has 0 aromatic carbocycles. The highest BCUT2D eigenvalue weighted by molar-refractivity contribution is 5.85. The van der Waals surface area contributed by atoms with E-state index in [4.69, 9.17) is 5.73 Å². The van der Waals surface area contributed by atoms with Crippen molar-refractivity contribution in [2.24, 2.45) is 5.73 Å². The van der Waals surface area contributed by atoms with E-state index in [1.54, 1.807) is 6.92 Å². The molecule has 82 valence electrons. The van der Waals surface area contributed by atoms with Gasteiger partial charge in [0.25, 0.3) is 0 Å². The minimum absolute atomic E-state index is 0. The van der Waals surface area contributed by atoms with Crippen LogP contribution in [0.2, 0.25) is 0 Å². The van der Waals surface area contributed by atoms with Gasteiger partial charge < -0.3 is 16.0 Å².